The standard InChI is InChI=1S/C15H28N2O2/c1-11(12-7-5-3-4-6-8-12)17-15(18)14-9-13(19-2)10-16-14/h11-14,16H,3-10H2,1-2H3,(H,17,18)/t11-,13?,14?/m0/s1. The average Bonchev–Trinajstić information content (AvgIpc) is 2.73. The normalized spacial score (nSPS) is 30.8. The number of nitrogens with one attached hydrogen (secondary N) is 2. The van der Waals surface area contributed by atoms with Crippen molar-refractivity contribution in [1.82, 2.24) is 10.6 Å². The molecule has 4 nitrogen and oxygen atoms in total. The van der Waals surface area contributed by atoms with Crippen LogP contribution in [-0.2, 0) is 9.53 Å². The molecule has 0 aromatic heterocycles. The van der Waals surface area contributed by atoms with Gasteiger partial charge in [-0.2, -0.15) is 0 Å². The summed E-state index contributed by atoms with van der Waals surface area (Å²) in [5, 5.41) is 6.45. The van der Waals surface area contributed by atoms with Gasteiger partial charge >= 0.3 is 0 Å². The lowest BCUT2D eigenvalue weighted by molar-refractivity contribution is -0.124. The summed E-state index contributed by atoms with van der Waals surface area (Å²) in [6.45, 7) is 2.95. The molecule has 2 aliphatic rings. The molecule has 0 aromatic rings. The van der Waals surface area contributed by atoms with Gasteiger partial charge in [0.1, 0.15) is 0 Å². The first kappa shape index (κ1) is 14.8. The first-order valence-electron chi connectivity index (χ1n) is 7.77. The molecule has 0 radical (unpaired) electrons. The number of carbonyl (C=O) groups excluding carboxylic acids is 1. The van der Waals surface area contributed by atoms with Crippen LogP contribution in [-0.4, -0.2) is 37.7 Å². The monoisotopic (exact) mass is 268 g/mol. The Labute approximate surface area is 116 Å². The molecule has 1 saturated heterocycles. The van der Waals surface area contributed by atoms with Crippen molar-refractivity contribution in [3.63, 3.8) is 0 Å². The summed E-state index contributed by atoms with van der Waals surface area (Å²) in [6.07, 6.45) is 8.86. The minimum absolute atomic E-state index is 0.0711. The number of carbonyl (C=O) groups is 1. The van der Waals surface area contributed by atoms with E-state index in [4.69, 9.17) is 4.74 Å². The Balaban J connectivity index is 1.77. The first-order valence-corrected chi connectivity index (χ1v) is 7.77. The molecule has 110 valence electrons. The van der Waals surface area contributed by atoms with Gasteiger partial charge in [-0.3, -0.25) is 4.79 Å². The molecule has 2 rings (SSSR count). The van der Waals surface area contributed by atoms with Gasteiger partial charge in [0, 0.05) is 19.7 Å². The van der Waals surface area contributed by atoms with Crippen LogP contribution in [0.25, 0.3) is 0 Å². The number of rotatable bonds is 4. The molecule has 19 heavy (non-hydrogen) atoms. The zero-order valence-corrected chi connectivity index (χ0v) is 12.3. The van der Waals surface area contributed by atoms with Gasteiger partial charge in [-0.05, 0) is 32.1 Å². The molecule has 2 fully saturated rings. The van der Waals surface area contributed by atoms with E-state index in [9.17, 15) is 4.79 Å². The van der Waals surface area contributed by atoms with E-state index in [0.29, 0.717) is 12.0 Å². The predicted molar refractivity (Wildman–Crippen MR) is 76.0 cm³/mol. The Bertz CT molecular complexity index is 288. The Morgan fingerprint density at radius 2 is 1.95 bits per heavy atom. The quantitative estimate of drug-likeness (QED) is 0.765. The molecule has 0 spiro atoms. The van der Waals surface area contributed by atoms with Crippen molar-refractivity contribution >= 4 is 5.91 Å². The third kappa shape index (κ3) is 4.18. The maximum atomic E-state index is 12.2. The van der Waals surface area contributed by atoms with Crippen LogP contribution in [0.4, 0.5) is 0 Å². The maximum Gasteiger partial charge on any atom is 0.237 e. The number of hydrogen-bond donors (Lipinski definition) is 2. The van der Waals surface area contributed by atoms with E-state index in [2.05, 4.69) is 17.6 Å². The first-order chi connectivity index (χ1) is 9.20. The molecular formula is C15H28N2O2. The third-order valence-corrected chi connectivity index (χ3v) is 4.72. The van der Waals surface area contributed by atoms with Gasteiger partial charge in [0.05, 0.1) is 12.1 Å². The molecule has 1 saturated carbocycles. The maximum absolute atomic E-state index is 12.2. The van der Waals surface area contributed by atoms with Crippen molar-refractivity contribution < 1.29 is 9.53 Å². The molecule has 2 unspecified atom stereocenters. The second-order valence-corrected chi connectivity index (χ2v) is 6.10. The van der Waals surface area contributed by atoms with Crippen LogP contribution in [0.1, 0.15) is 51.9 Å². The van der Waals surface area contributed by atoms with Crippen LogP contribution in [0.5, 0.6) is 0 Å². The minimum Gasteiger partial charge on any atom is -0.380 e. The van der Waals surface area contributed by atoms with Gasteiger partial charge in [-0.15, -0.1) is 0 Å². The number of methoxy groups -OCH3 is 1. The Kier molecular flexibility index (Phi) is 5.64. The predicted octanol–water partition coefficient (Wildman–Crippen LogP) is 1.84. The highest BCUT2D eigenvalue weighted by molar-refractivity contribution is 5.82. The van der Waals surface area contributed by atoms with Gasteiger partial charge in [0.2, 0.25) is 5.91 Å². The molecule has 0 bridgehead atoms. The highest BCUT2D eigenvalue weighted by atomic mass is 16.5. The van der Waals surface area contributed by atoms with Crippen molar-refractivity contribution in [1.29, 1.82) is 0 Å². The minimum atomic E-state index is -0.0711. The summed E-state index contributed by atoms with van der Waals surface area (Å²) in [5.74, 6) is 0.808. The number of amides is 1. The van der Waals surface area contributed by atoms with Crippen LogP contribution < -0.4 is 10.6 Å². The fraction of sp³-hybridized carbons (Fsp3) is 0.933. The summed E-state index contributed by atoms with van der Waals surface area (Å²) in [4.78, 5) is 12.2. The van der Waals surface area contributed by atoms with Gasteiger partial charge in [-0.1, -0.05) is 25.7 Å². The third-order valence-electron chi connectivity index (χ3n) is 4.72. The lowest BCUT2D eigenvalue weighted by atomic mass is 9.93. The zero-order valence-electron chi connectivity index (χ0n) is 12.3. The zero-order chi connectivity index (χ0) is 13.7. The largest absolute Gasteiger partial charge is 0.380 e. The van der Waals surface area contributed by atoms with Crippen LogP contribution in [0, 0.1) is 5.92 Å². The fourth-order valence-electron chi connectivity index (χ4n) is 3.34. The molecule has 3 atom stereocenters. The molecule has 4 heteroatoms. The van der Waals surface area contributed by atoms with Gasteiger partial charge in [0.25, 0.3) is 0 Å². The smallest absolute Gasteiger partial charge is 0.237 e. The molecule has 1 aliphatic carbocycles. The van der Waals surface area contributed by atoms with Gasteiger partial charge in [0.15, 0.2) is 0 Å². The van der Waals surface area contributed by atoms with Crippen LogP contribution >= 0.6 is 0 Å². The van der Waals surface area contributed by atoms with E-state index in [0.717, 1.165) is 13.0 Å². The van der Waals surface area contributed by atoms with Crippen molar-refractivity contribution in [3.8, 4) is 0 Å². The summed E-state index contributed by atoms with van der Waals surface area (Å²) < 4.78 is 5.29. The van der Waals surface area contributed by atoms with E-state index >= 15 is 0 Å². The van der Waals surface area contributed by atoms with Crippen molar-refractivity contribution in [3.05, 3.63) is 0 Å². The van der Waals surface area contributed by atoms with E-state index in [1.54, 1.807) is 7.11 Å². The van der Waals surface area contributed by atoms with Crippen molar-refractivity contribution in [2.75, 3.05) is 13.7 Å². The van der Waals surface area contributed by atoms with Crippen molar-refractivity contribution in [2.45, 2.75) is 70.1 Å². The van der Waals surface area contributed by atoms with Gasteiger partial charge in [-0.25, -0.2) is 0 Å². The Morgan fingerprint density at radius 3 is 2.53 bits per heavy atom. The number of ether oxygens (including phenoxy) is 1. The molecule has 2 N–H and O–H groups in total. The molecule has 1 amide bonds. The second kappa shape index (κ2) is 7.25. The fourth-order valence-corrected chi connectivity index (χ4v) is 3.34. The molecule has 1 heterocycles. The highest BCUT2D eigenvalue weighted by Crippen LogP contribution is 2.25. The summed E-state index contributed by atoms with van der Waals surface area (Å²) in [6, 6.07) is 0.229. The topological polar surface area (TPSA) is 50.4 Å². The van der Waals surface area contributed by atoms with Crippen LogP contribution in [0.3, 0.4) is 0 Å². The Morgan fingerprint density at radius 1 is 1.26 bits per heavy atom. The molecule has 0 aromatic carbocycles. The Hall–Kier alpha value is -0.610. The second-order valence-electron chi connectivity index (χ2n) is 6.10. The SMILES string of the molecule is COC1CNC(C(=O)N[C@@H](C)C2CCCCCC2)C1. The van der Waals surface area contributed by atoms with Crippen LogP contribution in [0.2, 0.25) is 0 Å². The summed E-state index contributed by atoms with van der Waals surface area (Å²) in [5.41, 5.74) is 0. The summed E-state index contributed by atoms with van der Waals surface area (Å²) in [7, 11) is 1.71. The average molecular weight is 268 g/mol. The van der Waals surface area contributed by atoms with E-state index in [-0.39, 0.29) is 18.1 Å². The van der Waals surface area contributed by atoms with E-state index in [1.165, 1.54) is 38.5 Å². The van der Waals surface area contributed by atoms with E-state index < -0.39 is 0 Å². The lowest BCUT2D eigenvalue weighted by Gasteiger charge is -2.25. The molecule has 1 aliphatic heterocycles. The highest BCUT2D eigenvalue weighted by Gasteiger charge is 2.31. The molecular weight excluding hydrogens is 240 g/mol. The van der Waals surface area contributed by atoms with E-state index in [1.807, 2.05) is 0 Å². The van der Waals surface area contributed by atoms with Crippen molar-refractivity contribution in [2.24, 2.45) is 5.92 Å². The van der Waals surface area contributed by atoms with Crippen LogP contribution in [0.15, 0.2) is 0 Å². The summed E-state index contributed by atoms with van der Waals surface area (Å²) >= 11 is 0. The lowest BCUT2D eigenvalue weighted by Crippen LogP contribution is -2.46. The van der Waals surface area contributed by atoms with Gasteiger partial charge < -0.3 is 15.4 Å². The number of hydrogen-bond acceptors (Lipinski definition) is 3.